The Labute approximate surface area is 70.2 Å². The summed E-state index contributed by atoms with van der Waals surface area (Å²) < 4.78 is 0. The second-order valence-electron chi connectivity index (χ2n) is 1.95. The topological polar surface area (TPSA) is 23.8 Å². The molecule has 1 nitrogen and oxygen atoms in total. The molecule has 0 heterocycles. The minimum absolute atomic E-state index is 0.406. The Morgan fingerprint density at radius 3 is 2.64 bits per heavy atom. The Morgan fingerprint density at radius 2 is 2.18 bits per heavy atom. The molecule has 0 spiro atoms. The molecule has 0 aliphatic heterocycles. The van der Waals surface area contributed by atoms with Gasteiger partial charge in [-0.05, 0) is 18.2 Å². The van der Waals surface area contributed by atoms with Crippen LogP contribution < -0.4 is 0 Å². The van der Waals surface area contributed by atoms with Crippen molar-refractivity contribution < 1.29 is 0 Å². The maximum absolute atomic E-state index is 8.50. The second-order valence-corrected chi connectivity index (χ2v) is 2.36. The minimum atomic E-state index is 0.406. The number of halogens is 1. The van der Waals surface area contributed by atoms with Gasteiger partial charge in [-0.15, -0.1) is 6.42 Å². The average Bonchev–Trinajstić information content (AvgIpc) is 2.04. The van der Waals surface area contributed by atoms with Crippen molar-refractivity contribution in [3.05, 3.63) is 34.3 Å². The maximum atomic E-state index is 8.50. The molecule has 1 aromatic carbocycles. The molecule has 0 aliphatic rings. The highest BCUT2D eigenvalue weighted by molar-refractivity contribution is 6.31. The van der Waals surface area contributed by atoms with Crippen molar-refractivity contribution in [2.45, 2.75) is 0 Å². The summed E-state index contributed by atoms with van der Waals surface area (Å²) in [5.41, 5.74) is 1.14. The first kappa shape index (κ1) is 7.66. The summed E-state index contributed by atoms with van der Waals surface area (Å²) in [6.07, 6.45) is 5.12. The number of hydrogen-bond acceptors (Lipinski definition) is 1. The lowest BCUT2D eigenvalue weighted by Gasteiger charge is -1.93. The third-order valence-electron chi connectivity index (χ3n) is 1.26. The molecule has 0 aliphatic carbocycles. The van der Waals surface area contributed by atoms with E-state index in [4.69, 9.17) is 23.3 Å². The molecule has 0 fully saturated rings. The molecule has 52 valence electrons. The summed E-state index contributed by atoms with van der Waals surface area (Å²) in [7, 11) is 0. The quantitative estimate of drug-likeness (QED) is 0.535. The standard InChI is InChI=1S/C9H4ClN/c1-2-7-3-4-8(6-11)9(10)5-7/h1,3-5H. The van der Waals surface area contributed by atoms with Crippen LogP contribution in [0.2, 0.25) is 5.02 Å². The summed E-state index contributed by atoms with van der Waals surface area (Å²) in [5.74, 6) is 2.43. The zero-order chi connectivity index (χ0) is 8.27. The Balaban J connectivity index is 3.25. The fourth-order valence-corrected chi connectivity index (χ4v) is 0.918. The zero-order valence-corrected chi connectivity index (χ0v) is 6.39. The van der Waals surface area contributed by atoms with Gasteiger partial charge >= 0.3 is 0 Å². The highest BCUT2D eigenvalue weighted by atomic mass is 35.5. The monoisotopic (exact) mass is 161 g/mol. The zero-order valence-electron chi connectivity index (χ0n) is 5.63. The maximum Gasteiger partial charge on any atom is 0.101 e. The first-order valence-electron chi connectivity index (χ1n) is 2.94. The van der Waals surface area contributed by atoms with Gasteiger partial charge in [-0.3, -0.25) is 0 Å². The van der Waals surface area contributed by atoms with Crippen LogP contribution >= 0.6 is 11.6 Å². The van der Waals surface area contributed by atoms with Crippen molar-refractivity contribution in [3.8, 4) is 18.4 Å². The third kappa shape index (κ3) is 1.52. The van der Waals surface area contributed by atoms with Gasteiger partial charge in [0.05, 0.1) is 10.6 Å². The van der Waals surface area contributed by atoms with Gasteiger partial charge < -0.3 is 0 Å². The normalized spacial score (nSPS) is 8.27. The molecular weight excluding hydrogens is 158 g/mol. The Bertz CT molecular complexity index is 355. The van der Waals surface area contributed by atoms with Gasteiger partial charge in [0, 0.05) is 5.56 Å². The van der Waals surface area contributed by atoms with Crippen molar-refractivity contribution in [2.75, 3.05) is 0 Å². The molecule has 0 saturated heterocycles. The van der Waals surface area contributed by atoms with Gasteiger partial charge in [-0.1, -0.05) is 17.5 Å². The summed E-state index contributed by atoms with van der Waals surface area (Å²) >= 11 is 5.69. The lowest BCUT2D eigenvalue weighted by atomic mass is 10.1. The van der Waals surface area contributed by atoms with Crippen LogP contribution in [0.15, 0.2) is 18.2 Å². The predicted molar refractivity (Wildman–Crippen MR) is 44.1 cm³/mol. The molecule has 1 rings (SSSR count). The smallest absolute Gasteiger partial charge is 0.101 e. The fourth-order valence-electron chi connectivity index (χ4n) is 0.696. The van der Waals surface area contributed by atoms with Gasteiger partial charge in [0.15, 0.2) is 0 Å². The van der Waals surface area contributed by atoms with Crippen LogP contribution in [0.5, 0.6) is 0 Å². The first-order valence-corrected chi connectivity index (χ1v) is 3.32. The summed E-state index contributed by atoms with van der Waals surface area (Å²) in [6, 6.07) is 6.84. The van der Waals surface area contributed by atoms with E-state index >= 15 is 0 Å². The van der Waals surface area contributed by atoms with E-state index in [1.54, 1.807) is 18.2 Å². The van der Waals surface area contributed by atoms with Crippen LogP contribution in [0.4, 0.5) is 0 Å². The lowest BCUT2D eigenvalue weighted by molar-refractivity contribution is 1.48. The van der Waals surface area contributed by atoms with Gasteiger partial charge in [-0.2, -0.15) is 5.26 Å². The number of nitrogens with zero attached hydrogens (tertiary/aromatic N) is 1. The summed E-state index contributed by atoms with van der Waals surface area (Å²) in [4.78, 5) is 0. The van der Waals surface area contributed by atoms with Crippen molar-refractivity contribution in [1.29, 1.82) is 5.26 Å². The second kappa shape index (κ2) is 3.10. The Kier molecular flexibility index (Phi) is 2.16. The van der Waals surface area contributed by atoms with Crippen LogP contribution in [0.3, 0.4) is 0 Å². The van der Waals surface area contributed by atoms with Gasteiger partial charge in [-0.25, -0.2) is 0 Å². The molecule has 0 radical (unpaired) electrons. The number of terminal acetylenes is 1. The lowest BCUT2D eigenvalue weighted by Crippen LogP contribution is -1.78. The molecule has 0 amide bonds. The SMILES string of the molecule is C#Cc1ccc(C#N)c(Cl)c1. The van der Waals surface area contributed by atoms with Crippen LogP contribution in [0.1, 0.15) is 11.1 Å². The highest BCUT2D eigenvalue weighted by Crippen LogP contribution is 2.15. The molecule has 1 aromatic rings. The molecule has 0 N–H and O–H groups in total. The predicted octanol–water partition coefficient (Wildman–Crippen LogP) is 2.19. The van der Waals surface area contributed by atoms with Crippen molar-refractivity contribution in [1.82, 2.24) is 0 Å². The molecule has 2 heteroatoms. The molecule has 0 aromatic heterocycles. The molecule has 0 atom stereocenters. The van der Waals surface area contributed by atoms with Crippen LogP contribution in [0.25, 0.3) is 0 Å². The van der Waals surface area contributed by atoms with E-state index < -0.39 is 0 Å². The minimum Gasteiger partial charge on any atom is -0.192 e. The van der Waals surface area contributed by atoms with Crippen molar-refractivity contribution in [2.24, 2.45) is 0 Å². The van der Waals surface area contributed by atoms with E-state index in [0.717, 1.165) is 0 Å². The van der Waals surface area contributed by atoms with Gasteiger partial charge in [0.2, 0.25) is 0 Å². The molecule has 0 unspecified atom stereocenters. The number of benzene rings is 1. The van der Waals surface area contributed by atoms with E-state index in [9.17, 15) is 0 Å². The van der Waals surface area contributed by atoms with E-state index in [-0.39, 0.29) is 0 Å². The molecular formula is C9H4ClN. The van der Waals surface area contributed by atoms with E-state index in [2.05, 4.69) is 5.92 Å². The Morgan fingerprint density at radius 1 is 1.45 bits per heavy atom. The summed E-state index contributed by atoms with van der Waals surface area (Å²) in [6.45, 7) is 0. The highest BCUT2D eigenvalue weighted by Gasteiger charge is 1.97. The number of nitriles is 1. The van der Waals surface area contributed by atoms with Gasteiger partial charge in [0.1, 0.15) is 6.07 Å². The molecule has 0 saturated carbocycles. The Hall–Kier alpha value is -1.44. The average molecular weight is 162 g/mol. The van der Waals surface area contributed by atoms with Crippen molar-refractivity contribution >= 4 is 11.6 Å². The molecule has 0 bridgehead atoms. The van der Waals surface area contributed by atoms with Crippen LogP contribution in [0, 0.1) is 23.7 Å². The number of rotatable bonds is 0. The number of hydrogen-bond donors (Lipinski definition) is 0. The first-order chi connectivity index (χ1) is 5.27. The van der Waals surface area contributed by atoms with Gasteiger partial charge in [0.25, 0.3) is 0 Å². The summed E-state index contributed by atoms with van der Waals surface area (Å²) in [5, 5.41) is 8.90. The third-order valence-corrected chi connectivity index (χ3v) is 1.57. The van der Waals surface area contributed by atoms with Crippen LogP contribution in [-0.4, -0.2) is 0 Å². The van der Waals surface area contributed by atoms with E-state index in [1.807, 2.05) is 6.07 Å². The van der Waals surface area contributed by atoms with E-state index in [1.165, 1.54) is 0 Å². The molecule has 11 heavy (non-hydrogen) atoms. The fraction of sp³-hybridized carbons (Fsp3) is 0. The van der Waals surface area contributed by atoms with Crippen LogP contribution in [-0.2, 0) is 0 Å². The van der Waals surface area contributed by atoms with E-state index in [0.29, 0.717) is 16.1 Å². The van der Waals surface area contributed by atoms with Crippen molar-refractivity contribution in [3.63, 3.8) is 0 Å². The largest absolute Gasteiger partial charge is 0.192 e.